The zero-order chi connectivity index (χ0) is 10.2. The molecule has 0 aliphatic heterocycles. The lowest BCUT2D eigenvalue weighted by atomic mass is 10.0. The van der Waals surface area contributed by atoms with Crippen LogP contribution >= 0.6 is 0 Å². The summed E-state index contributed by atoms with van der Waals surface area (Å²) >= 11 is 0. The van der Waals surface area contributed by atoms with Gasteiger partial charge in [0, 0.05) is 6.04 Å². The van der Waals surface area contributed by atoms with Crippen LogP contribution in [0.3, 0.4) is 0 Å². The Morgan fingerprint density at radius 3 is 2.50 bits per heavy atom. The van der Waals surface area contributed by atoms with Gasteiger partial charge in [0.25, 0.3) is 0 Å². The minimum absolute atomic E-state index is 0.308. The normalized spacial score (nSPS) is 12.7. The van der Waals surface area contributed by atoms with Crippen molar-refractivity contribution in [3.8, 4) is 0 Å². The van der Waals surface area contributed by atoms with Crippen LogP contribution in [0, 0.1) is 0 Å². The third kappa shape index (κ3) is 3.48. The van der Waals surface area contributed by atoms with Crippen molar-refractivity contribution in [2.45, 2.75) is 38.6 Å². The number of hydrogen-bond donors (Lipinski definition) is 2. The summed E-state index contributed by atoms with van der Waals surface area (Å²) < 4.78 is 0. The first-order valence-corrected chi connectivity index (χ1v) is 5.39. The van der Waals surface area contributed by atoms with Crippen molar-refractivity contribution in [2.75, 3.05) is 0 Å². The minimum atomic E-state index is 0.308. The van der Waals surface area contributed by atoms with Crippen LogP contribution in [0.2, 0.25) is 0 Å². The van der Waals surface area contributed by atoms with E-state index in [2.05, 4.69) is 36.6 Å². The summed E-state index contributed by atoms with van der Waals surface area (Å²) in [5.74, 6) is 5.54. The fourth-order valence-corrected chi connectivity index (χ4v) is 1.63. The Bertz CT molecular complexity index is 233. The van der Waals surface area contributed by atoms with Gasteiger partial charge in [0.1, 0.15) is 0 Å². The van der Waals surface area contributed by atoms with Crippen LogP contribution in [-0.4, -0.2) is 0 Å². The molecular formula is C12H20N2. The Morgan fingerprint density at radius 2 is 1.93 bits per heavy atom. The van der Waals surface area contributed by atoms with Gasteiger partial charge in [-0.3, -0.25) is 11.3 Å². The fraction of sp³-hybridized carbons (Fsp3) is 0.500. The first-order chi connectivity index (χ1) is 6.88. The summed E-state index contributed by atoms with van der Waals surface area (Å²) in [6.45, 7) is 2.22. The molecular weight excluding hydrogens is 172 g/mol. The van der Waals surface area contributed by atoms with Crippen molar-refractivity contribution in [2.24, 2.45) is 5.84 Å². The first-order valence-electron chi connectivity index (χ1n) is 5.39. The third-order valence-corrected chi connectivity index (χ3v) is 2.50. The van der Waals surface area contributed by atoms with E-state index in [1.165, 1.54) is 24.8 Å². The second kappa shape index (κ2) is 6.57. The van der Waals surface area contributed by atoms with Gasteiger partial charge < -0.3 is 0 Å². The molecule has 0 spiro atoms. The van der Waals surface area contributed by atoms with Crippen LogP contribution in [0.15, 0.2) is 30.3 Å². The van der Waals surface area contributed by atoms with Crippen LogP contribution < -0.4 is 11.3 Å². The highest BCUT2D eigenvalue weighted by Crippen LogP contribution is 2.18. The van der Waals surface area contributed by atoms with Crippen LogP contribution in [0.1, 0.15) is 44.2 Å². The van der Waals surface area contributed by atoms with Crippen molar-refractivity contribution < 1.29 is 0 Å². The lowest BCUT2D eigenvalue weighted by molar-refractivity contribution is 0.487. The number of benzene rings is 1. The predicted molar refractivity (Wildman–Crippen MR) is 60.6 cm³/mol. The maximum atomic E-state index is 5.54. The molecule has 2 nitrogen and oxygen atoms in total. The van der Waals surface area contributed by atoms with E-state index in [1.807, 2.05) is 6.07 Å². The molecule has 0 amide bonds. The lowest BCUT2D eigenvalue weighted by Crippen LogP contribution is -2.27. The maximum Gasteiger partial charge on any atom is 0.0460 e. The molecule has 0 bridgehead atoms. The molecule has 3 N–H and O–H groups in total. The average Bonchev–Trinajstić information content (AvgIpc) is 2.26. The van der Waals surface area contributed by atoms with Crippen LogP contribution in [0.5, 0.6) is 0 Å². The highest BCUT2D eigenvalue weighted by Gasteiger charge is 2.07. The third-order valence-electron chi connectivity index (χ3n) is 2.50. The van der Waals surface area contributed by atoms with Gasteiger partial charge in [0.15, 0.2) is 0 Å². The predicted octanol–water partition coefficient (Wildman–Crippen LogP) is 2.77. The van der Waals surface area contributed by atoms with E-state index in [0.29, 0.717) is 6.04 Å². The monoisotopic (exact) mass is 192 g/mol. The Labute approximate surface area is 86.5 Å². The molecule has 1 atom stereocenters. The Kier molecular flexibility index (Phi) is 5.27. The number of hydrazine groups is 1. The first kappa shape index (κ1) is 11.2. The van der Waals surface area contributed by atoms with E-state index in [4.69, 9.17) is 5.84 Å². The number of rotatable bonds is 6. The van der Waals surface area contributed by atoms with Gasteiger partial charge in [-0.1, -0.05) is 56.5 Å². The highest BCUT2D eigenvalue weighted by molar-refractivity contribution is 5.18. The molecule has 1 rings (SSSR count). The summed E-state index contributed by atoms with van der Waals surface area (Å²) in [7, 11) is 0. The summed E-state index contributed by atoms with van der Waals surface area (Å²) in [6, 6.07) is 10.7. The molecule has 0 fully saturated rings. The highest BCUT2D eigenvalue weighted by atomic mass is 15.2. The molecule has 0 aliphatic rings. The Balaban J connectivity index is 2.46. The molecule has 0 unspecified atom stereocenters. The van der Waals surface area contributed by atoms with Gasteiger partial charge in [-0.25, -0.2) is 0 Å². The second-order valence-electron chi connectivity index (χ2n) is 3.63. The summed E-state index contributed by atoms with van der Waals surface area (Å²) in [5.41, 5.74) is 4.16. The summed E-state index contributed by atoms with van der Waals surface area (Å²) in [5, 5.41) is 0. The Hall–Kier alpha value is -0.860. The van der Waals surface area contributed by atoms with Crippen molar-refractivity contribution in [3.63, 3.8) is 0 Å². The van der Waals surface area contributed by atoms with Crippen LogP contribution in [0.4, 0.5) is 0 Å². The van der Waals surface area contributed by atoms with Gasteiger partial charge in [0.2, 0.25) is 0 Å². The molecule has 78 valence electrons. The van der Waals surface area contributed by atoms with E-state index in [0.717, 1.165) is 6.42 Å². The smallest absolute Gasteiger partial charge is 0.0460 e. The number of nitrogens with one attached hydrogen (secondary N) is 1. The zero-order valence-electron chi connectivity index (χ0n) is 8.87. The fourth-order valence-electron chi connectivity index (χ4n) is 1.63. The molecule has 1 aromatic carbocycles. The Morgan fingerprint density at radius 1 is 1.21 bits per heavy atom. The minimum Gasteiger partial charge on any atom is -0.271 e. The largest absolute Gasteiger partial charge is 0.271 e. The molecule has 0 aromatic heterocycles. The van der Waals surface area contributed by atoms with Gasteiger partial charge in [0.05, 0.1) is 0 Å². The van der Waals surface area contributed by atoms with Gasteiger partial charge in [-0.05, 0) is 12.0 Å². The van der Waals surface area contributed by atoms with Gasteiger partial charge in [-0.2, -0.15) is 0 Å². The lowest BCUT2D eigenvalue weighted by Gasteiger charge is -2.15. The number of nitrogens with two attached hydrogens (primary N) is 1. The maximum absolute atomic E-state index is 5.54. The van der Waals surface area contributed by atoms with Crippen molar-refractivity contribution in [3.05, 3.63) is 35.9 Å². The van der Waals surface area contributed by atoms with Crippen LogP contribution in [0.25, 0.3) is 0 Å². The number of unbranched alkanes of at least 4 members (excludes halogenated alkanes) is 2. The van der Waals surface area contributed by atoms with Crippen LogP contribution in [-0.2, 0) is 0 Å². The zero-order valence-corrected chi connectivity index (χ0v) is 8.87. The van der Waals surface area contributed by atoms with Gasteiger partial charge in [-0.15, -0.1) is 0 Å². The summed E-state index contributed by atoms with van der Waals surface area (Å²) in [4.78, 5) is 0. The molecule has 1 aromatic rings. The SMILES string of the molecule is CCCCC[C@H](NN)c1ccccc1. The van der Waals surface area contributed by atoms with Crippen molar-refractivity contribution >= 4 is 0 Å². The quantitative estimate of drug-likeness (QED) is 0.413. The van der Waals surface area contributed by atoms with E-state index in [9.17, 15) is 0 Å². The van der Waals surface area contributed by atoms with E-state index in [-0.39, 0.29) is 0 Å². The topological polar surface area (TPSA) is 38.0 Å². The molecule has 0 radical (unpaired) electrons. The molecule has 0 heterocycles. The standard InChI is InChI=1S/C12H20N2/c1-2-3-5-10-12(14-13)11-8-6-4-7-9-11/h4,6-9,12,14H,2-3,5,10,13H2,1H3/t12-/m0/s1. The van der Waals surface area contributed by atoms with E-state index < -0.39 is 0 Å². The number of hydrogen-bond acceptors (Lipinski definition) is 2. The van der Waals surface area contributed by atoms with Gasteiger partial charge >= 0.3 is 0 Å². The second-order valence-corrected chi connectivity index (χ2v) is 3.63. The summed E-state index contributed by atoms with van der Waals surface area (Å²) in [6.07, 6.45) is 4.89. The molecule has 14 heavy (non-hydrogen) atoms. The molecule has 2 heteroatoms. The molecule has 0 saturated heterocycles. The molecule has 0 aliphatic carbocycles. The van der Waals surface area contributed by atoms with Crippen molar-refractivity contribution in [1.82, 2.24) is 5.43 Å². The average molecular weight is 192 g/mol. The van der Waals surface area contributed by atoms with E-state index >= 15 is 0 Å². The molecule has 0 saturated carbocycles. The van der Waals surface area contributed by atoms with E-state index in [1.54, 1.807) is 0 Å². The van der Waals surface area contributed by atoms with Crippen molar-refractivity contribution in [1.29, 1.82) is 0 Å².